The quantitative estimate of drug-likeness (QED) is 0.872. The minimum atomic E-state index is 0.681. The van der Waals surface area contributed by atoms with Crippen LogP contribution in [0.4, 0.5) is 0 Å². The van der Waals surface area contributed by atoms with Crippen molar-refractivity contribution >= 4 is 11.8 Å². The minimum absolute atomic E-state index is 0.681. The fourth-order valence-corrected chi connectivity index (χ4v) is 3.44. The van der Waals surface area contributed by atoms with E-state index >= 15 is 0 Å². The molecule has 1 aliphatic rings. The van der Waals surface area contributed by atoms with Crippen LogP contribution in [0, 0.1) is 12.8 Å². The molecule has 0 aliphatic carbocycles. The average molecular weight is 296 g/mol. The lowest BCUT2D eigenvalue weighted by atomic mass is 10.2. The number of rotatable bonds is 6. The van der Waals surface area contributed by atoms with Crippen LogP contribution in [0.2, 0.25) is 0 Å². The molecule has 1 saturated heterocycles. The maximum Gasteiger partial charge on any atom is 0.118 e. The Kier molecular flexibility index (Phi) is 6.46. The third-order valence-corrected chi connectivity index (χ3v) is 4.68. The highest BCUT2D eigenvalue weighted by Crippen LogP contribution is 2.19. The Morgan fingerprint density at radius 2 is 2.20 bits per heavy atom. The number of furan rings is 1. The van der Waals surface area contributed by atoms with Crippen LogP contribution in [-0.4, -0.2) is 36.0 Å². The molecular formula is C16H28N2OS. The largest absolute Gasteiger partial charge is 0.465 e. The summed E-state index contributed by atoms with van der Waals surface area (Å²) >= 11 is 2.08. The van der Waals surface area contributed by atoms with Crippen molar-refractivity contribution in [3.05, 3.63) is 23.2 Å². The zero-order chi connectivity index (χ0) is 14.4. The van der Waals surface area contributed by atoms with Crippen molar-refractivity contribution in [3.8, 4) is 0 Å². The summed E-state index contributed by atoms with van der Waals surface area (Å²) < 4.78 is 5.87. The van der Waals surface area contributed by atoms with Gasteiger partial charge in [-0.3, -0.25) is 4.90 Å². The number of thioether (sulfide) groups is 1. The molecule has 0 amide bonds. The molecule has 3 nitrogen and oxygen atoms in total. The van der Waals surface area contributed by atoms with Crippen molar-refractivity contribution in [1.29, 1.82) is 0 Å². The Hall–Kier alpha value is -0.450. The smallest absolute Gasteiger partial charge is 0.118 e. The number of aryl methyl sites for hydroxylation is 1. The lowest BCUT2D eigenvalue weighted by Gasteiger charge is -2.18. The summed E-state index contributed by atoms with van der Waals surface area (Å²) in [6, 6.07) is 2.24. The van der Waals surface area contributed by atoms with Gasteiger partial charge in [0.25, 0.3) is 0 Å². The van der Waals surface area contributed by atoms with Gasteiger partial charge in [-0.15, -0.1) is 0 Å². The van der Waals surface area contributed by atoms with E-state index in [1.807, 2.05) is 0 Å². The fraction of sp³-hybridized carbons (Fsp3) is 0.750. The van der Waals surface area contributed by atoms with E-state index in [0.717, 1.165) is 31.2 Å². The van der Waals surface area contributed by atoms with Crippen LogP contribution >= 0.6 is 11.8 Å². The predicted octanol–water partition coefficient (Wildman–Crippen LogP) is 3.27. The average Bonchev–Trinajstić information content (AvgIpc) is 2.61. The Balaban J connectivity index is 1.86. The van der Waals surface area contributed by atoms with E-state index in [1.165, 1.54) is 36.6 Å². The van der Waals surface area contributed by atoms with Crippen LogP contribution < -0.4 is 5.32 Å². The van der Waals surface area contributed by atoms with E-state index in [0.29, 0.717) is 5.92 Å². The van der Waals surface area contributed by atoms with Crippen LogP contribution in [0.15, 0.2) is 10.5 Å². The zero-order valence-corrected chi connectivity index (χ0v) is 13.9. The summed E-state index contributed by atoms with van der Waals surface area (Å²) in [5.41, 5.74) is 1.36. The highest BCUT2D eigenvalue weighted by atomic mass is 32.2. The van der Waals surface area contributed by atoms with Gasteiger partial charge in [0.1, 0.15) is 11.5 Å². The lowest BCUT2D eigenvalue weighted by Crippen LogP contribution is -2.25. The van der Waals surface area contributed by atoms with E-state index in [1.54, 1.807) is 0 Å². The number of hydrogen-bond donors (Lipinski definition) is 1. The summed E-state index contributed by atoms with van der Waals surface area (Å²) in [7, 11) is 0. The van der Waals surface area contributed by atoms with Crippen LogP contribution in [-0.2, 0) is 13.1 Å². The summed E-state index contributed by atoms with van der Waals surface area (Å²) in [6.07, 6.45) is 1.31. The van der Waals surface area contributed by atoms with Gasteiger partial charge in [0.2, 0.25) is 0 Å². The van der Waals surface area contributed by atoms with Crippen molar-refractivity contribution < 1.29 is 4.42 Å². The molecule has 0 radical (unpaired) electrons. The highest BCUT2D eigenvalue weighted by molar-refractivity contribution is 7.99. The fourth-order valence-electron chi connectivity index (χ4n) is 2.51. The van der Waals surface area contributed by atoms with Gasteiger partial charge in [0.15, 0.2) is 0 Å². The second kappa shape index (κ2) is 8.11. The van der Waals surface area contributed by atoms with Crippen LogP contribution in [0.5, 0.6) is 0 Å². The van der Waals surface area contributed by atoms with Gasteiger partial charge in [-0.25, -0.2) is 0 Å². The molecule has 1 aromatic heterocycles. The summed E-state index contributed by atoms with van der Waals surface area (Å²) in [6.45, 7) is 11.9. The maximum atomic E-state index is 5.87. The molecule has 0 saturated carbocycles. The second-order valence-electron chi connectivity index (χ2n) is 6.06. The third kappa shape index (κ3) is 5.15. The molecule has 0 unspecified atom stereocenters. The summed E-state index contributed by atoms with van der Waals surface area (Å²) in [4.78, 5) is 2.56. The minimum Gasteiger partial charge on any atom is -0.465 e. The Morgan fingerprint density at radius 1 is 1.35 bits per heavy atom. The first kappa shape index (κ1) is 15.9. The number of nitrogens with zero attached hydrogens (tertiary/aromatic N) is 1. The monoisotopic (exact) mass is 296 g/mol. The van der Waals surface area contributed by atoms with Crippen molar-refractivity contribution in [2.24, 2.45) is 5.92 Å². The van der Waals surface area contributed by atoms with Gasteiger partial charge in [-0.1, -0.05) is 13.8 Å². The molecule has 20 heavy (non-hydrogen) atoms. The molecule has 2 rings (SSSR count). The predicted molar refractivity (Wildman–Crippen MR) is 87.2 cm³/mol. The van der Waals surface area contributed by atoms with Crippen molar-refractivity contribution in [2.75, 3.05) is 31.1 Å². The van der Waals surface area contributed by atoms with Gasteiger partial charge < -0.3 is 9.73 Å². The van der Waals surface area contributed by atoms with Crippen molar-refractivity contribution in [1.82, 2.24) is 10.2 Å². The number of hydrogen-bond acceptors (Lipinski definition) is 4. The van der Waals surface area contributed by atoms with Crippen LogP contribution in [0.3, 0.4) is 0 Å². The maximum absolute atomic E-state index is 5.87. The van der Waals surface area contributed by atoms with Crippen molar-refractivity contribution in [2.45, 2.75) is 40.3 Å². The number of nitrogens with one attached hydrogen (secondary N) is 1. The van der Waals surface area contributed by atoms with Gasteiger partial charge in [0, 0.05) is 24.4 Å². The van der Waals surface area contributed by atoms with E-state index < -0.39 is 0 Å². The van der Waals surface area contributed by atoms with Crippen LogP contribution in [0.1, 0.15) is 37.4 Å². The van der Waals surface area contributed by atoms with E-state index in [2.05, 4.69) is 48.8 Å². The van der Waals surface area contributed by atoms with E-state index in [4.69, 9.17) is 4.42 Å². The Bertz CT molecular complexity index is 395. The molecule has 0 spiro atoms. The van der Waals surface area contributed by atoms with E-state index in [-0.39, 0.29) is 0 Å². The molecule has 114 valence electrons. The highest BCUT2D eigenvalue weighted by Gasteiger charge is 2.14. The first-order chi connectivity index (χ1) is 9.65. The molecule has 0 bridgehead atoms. The molecule has 1 aromatic rings. The Labute approximate surface area is 127 Å². The van der Waals surface area contributed by atoms with Gasteiger partial charge in [-0.05, 0) is 44.2 Å². The van der Waals surface area contributed by atoms with E-state index in [9.17, 15) is 0 Å². The molecular weight excluding hydrogens is 268 g/mol. The molecule has 1 N–H and O–H groups in total. The van der Waals surface area contributed by atoms with Gasteiger partial charge in [0.05, 0.1) is 6.54 Å². The summed E-state index contributed by atoms with van der Waals surface area (Å²) in [5, 5.41) is 3.44. The van der Waals surface area contributed by atoms with Gasteiger partial charge in [-0.2, -0.15) is 11.8 Å². The molecule has 1 aliphatic heterocycles. The first-order valence-electron chi connectivity index (χ1n) is 7.74. The molecule has 0 atom stereocenters. The van der Waals surface area contributed by atoms with Crippen LogP contribution in [0.25, 0.3) is 0 Å². The van der Waals surface area contributed by atoms with Crippen molar-refractivity contribution in [3.63, 3.8) is 0 Å². The SMILES string of the molecule is Cc1oc(CNCC(C)C)cc1CN1CCCSCC1. The normalized spacial score (nSPS) is 17.6. The lowest BCUT2D eigenvalue weighted by molar-refractivity contribution is 0.285. The molecule has 2 heterocycles. The first-order valence-corrected chi connectivity index (χ1v) is 8.89. The standard InChI is InChI=1S/C16H28N2OS/c1-13(2)10-17-11-16-9-15(14(3)19-16)12-18-5-4-7-20-8-6-18/h9,13,17H,4-8,10-12H2,1-3H3. The molecule has 0 aromatic carbocycles. The zero-order valence-electron chi connectivity index (χ0n) is 13.1. The topological polar surface area (TPSA) is 28.4 Å². The second-order valence-corrected chi connectivity index (χ2v) is 7.29. The molecule has 1 fully saturated rings. The summed E-state index contributed by atoms with van der Waals surface area (Å²) in [5.74, 6) is 5.41. The Morgan fingerprint density at radius 3 is 3.00 bits per heavy atom. The third-order valence-electron chi connectivity index (χ3n) is 3.63. The molecule has 4 heteroatoms. The van der Waals surface area contributed by atoms with Gasteiger partial charge >= 0.3 is 0 Å².